The van der Waals surface area contributed by atoms with Crippen molar-refractivity contribution in [3.8, 4) is 23.0 Å². The number of hydrogen-bond donors (Lipinski definition) is 1. The predicted octanol–water partition coefficient (Wildman–Crippen LogP) is 4.38. The van der Waals surface area contributed by atoms with Gasteiger partial charge in [-0.1, -0.05) is 30.7 Å². The SMILES string of the molecule is COC(=O)C1=C(C)NC2=C(C(=O)C3(Oc4c(Cl)c(OC)cc(OC)c4C3=O)C(C)C2)C1c1ccc(OC)cc1. The zero-order chi connectivity index (χ0) is 28.2. The molecule has 3 aliphatic rings. The van der Waals surface area contributed by atoms with Crippen LogP contribution < -0.4 is 24.3 Å². The number of allylic oxidation sites excluding steroid dienone is 2. The zero-order valence-corrected chi connectivity index (χ0v) is 23.1. The van der Waals surface area contributed by atoms with Crippen molar-refractivity contribution in [2.24, 2.45) is 5.92 Å². The normalized spacial score (nSPS) is 23.7. The first kappa shape index (κ1) is 26.6. The van der Waals surface area contributed by atoms with E-state index >= 15 is 0 Å². The van der Waals surface area contributed by atoms with E-state index in [9.17, 15) is 14.4 Å². The highest BCUT2D eigenvalue weighted by atomic mass is 35.5. The molecule has 0 aromatic heterocycles. The number of nitrogens with one attached hydrogen (secondary N) is 1. The summed E-state index contributed by atoms with van der Waals surface area (Å²) in [5, 5.41) is 3.30. The number of hydrogen-bond acceptors (Lipinski definition) is 9. The Morgan fingerprint density at radius 3 is 2.28 bits per heavy atom. The molecule has 0 fully saturated rings. The minimum absolute atomic E-state index is 0.0341. The Hall–Kier alpha value is -3.98. The number of ether oxygens (including phenoxy) is 5. The van der Waals surface area contributed by atoms with Crippen LogP contribution in [0.2, 0.25) is 5.02 Å². The standard InChI is InChI=1S/C29H28ClNO8/c1-13-11-17-22(21(15-7-9-16(35-3)10-8-15)20(14(2)31-17)28(34)38-6)26(32)29(13)27(33)23-18(36-4)12-19(37-5)24(30)25(23)39-29/h7-10,12-13,21,31H,11H2,1-6H3. The molecule has 1 N–H and O–H groups in total. The number of rotatable bonds is 5. The Kier molecular flexibility index (Phi) is 6.58. The minimum atomic E-state index is -1.91. The van der Waals surface area contributed by atoms with Gasteiger partial charge in [-0.2, -0.15) is 0 Å². The van der Waals surface area contributed by atoms with Gasteiger partial charge in [-0.3, -0.25) is 9.59 Å². The second kappa shape index (κ2) is 9.64. The van der Waals surface area contributed by atoms with E-state index in [1.54, 1.807) is 45.2 Å². The van der Waals surface area contributed by atoms with Gasteiger partial charge in [0.15, 0.2) is 5.75 Å². The maximum absolute atomic E-state index is 14.7. The molecule has 204 valence electrons. The Morgan fingerprint density at radius 1 is 1.03 bits per heavy atom. The molecule has 10 heteroatoms. The van der Waals surface area contributed by atoms with E-state index in [-0.39, 0.29) is 39.0 Å². The highest BCUT2D eigenvalue weighted by Crippen LogP contribution is 2.56. The lowest BCUT2D eigenvalue weighted by atomic mass is 9.65. The van der Waals surface area contributed by atoms with Crippen LogP contribution in [0.1, 0.15) is 42.1 Å². The maximum Gasteiger partial charge on any atom is 0.336 e. The third-order valence-corrected chi connectivity index (χ3v) is 8.06. The lowest BCUT2D eigenvalue weighted by molar-refractivity contribution is -0.136. The summed E-state index contributed by atoms with van der Waals surface area (Å²) in [6.45, 7) is 3.54. The first-order valence-electron chi connectivity index (χ1n) is 12.3. The molecule has 2 aromatic carbocycles. The van der Waals surface area contributed by atoms with Gasteiger partial charge in [0.05, 0.1) is 34.0 Å². The Labute approximate surface area is 230 Å². The van der Waals surface area contributed by atoms with Crippen molar-refractivity contribution in [1.82, 2.24) is 5.32 Å². The van der Waals surface area contributed by atoms with E-state index in [4.69, 9.17) is 35.3 Å². The molecule has 2 aliphatic heterocycles. The van der Waals surface area contributed by atoms with Gasteiger partial charge in [0.1, 0.15) is 27.8 Å². The quantitative estimate of drug-likeness (QED) is 0.426. The topological polar surface area (TPSA) is 109 Å². The number of carbonyl (C=O) groups excluding carboxylic acids is 3. The number of methoxy groups -OCH3 is 4. The summed E-state index contributed by atoms with van der Waals surface area (Å²) in [4.78, 5) is 41.9. The number of benzene rings is 2. The monoisotopic (exact) mass is 553 g/mol. The summed E-state index contributed by atoms with van der Waals surface area (Å²) in [5.74, 6) is -2.02. The van der Waals surface area contributed by atoms with E-state index in [0.717, 1.165) is 0 Å². The van der Waals surface area contributed by atoms with Crippen LogP contribution >= 0.6 is 11.6 Å². The van der Waals surface area contributed by atoms with Gasteiger partial charge in [-0.15, -0.1) is 0 Å². The zero-order valence-electron chi connectivity index (χ0n) is 22.4. The fraction of sp³-hybridized carbons (Fsp3) is 0.345. The molecule has 9 nitrogen and oxygen atoms in total. The number of dihydropyridines is 1. The van der Waals surface area contributed by atoms with Gasteiger partial charge in [-0.05, 0) is 31.0 Å². The van der Waals surface area contributed by atoms with Crippen molar-refractivity contribution in [2.75, 3.05) is 28.4 Å². The molecule has 0 saturated carbocycles. The fourth-order valence-electron chi connectivity index (χ4n) is 5.78. The first-order chi connectivity index (χ1) is 18.6. The van der Waals surface area contributed by atoms with Gasteiger partial charge >= 0.3 is 5.97 Å². The average molecular weight is 554 g/mol. The fourth-order valence-corrected chi connectivity index (χ4v) is 6.05. The third kappa shape index (κ3) is 3.71. The van der Waals surface area contributed by atoms with Crippen molar-refractivity contribution in [1.29, 1.82) is 0 Å². The Morgan fingerprint density at radius 2 is 1.69 bits per heavy atom. The third-order valence-electron chi connectivity index (χ3n) is 7.70. The highest BCUT2D eigenvalue weighted by molar-refractivity contribution is 6.36. The molecule has 5 rings (SSSR count). The summed E-state index contributed by atoms with van der Waals surface area (Å²) in [7, 11) is 5.68. The lowest BCUT2D eigenvalue weighted by Crippen LogP contribution is -2.58. The van der Waals surface area contributed by atoms with Crippen LogP contribution in [-0.4, -0.2) is 51.6 Å². The van der Waals surface area contributed by atoms with Crippen LogP contribution in [-0.2, 0) is 14.3 Å². The molecule has 2 aromatic rings. The van der Waals surface area contributed by atoms with Crippen molar-refractivity contribution >= 4 is 29.1 Å². The molecule has 3 unspecified atom stereocenters. The number of Topliss-reactive ketones (excluding diaryl/α,β-unsaturated/α-hetero) is 2. The van der Waals surface area contributed by atoms with Gasteiger partial charge < -0.3 is 29.0 Å². The summed E-state index contributed by atoms with van der Waals surface area (Å²) in [6.07, 6.45) is 0.302. The summed E-state index contributed by atoms with van der Waals surface area (Å²) in [6, 6.07) is 8.55. The molecule has 1 spiro atoms. The van der Waals surface area contributed by atoms with E-state index in [2.05, 4.69) is 5.32 Å². The van der Waals surface area contributed by atoms with Crippen LogP contribution in [0.3, 0.4) is 0 Å². The second-order valence-corrected chi connectivity index (χ2v) is 10.0. The Balaban J connectivity index is 1.71. The van der Waals surface area contributed by atoms with Crippen LogP contribution in [0.4, 0.5) is 0 Å². The number of fused-ring (bicyclic) bond motifs is 1. The maximum atomic E-state index is 14.7. The summed E-state index contributed by atoms with van der Waals surface area (Å²) < 4.78 is 27.5. The highest BCUT2D eigenvalue weighted by Gasteiger charge is 2.63. The molecule has 39 heavy (non-hydrogen) atoms. The van der Waals surface area contributed by atoms with Gasteiger partial charge in [0, 0.05) is 34.9 Å². The Bertz CT molecular complexity index is 1480. The molecule has 0 radical (unpaired) electrons. The summed E-state index contributed by atoms with van der Waals surface area (Å²) in [5.41, 5.74) is 0.525. The van der Waals surface area contributed by atoms with Crippen LogP contribution in [0.5, 0.6) is 23.0 Å². The van der Waals surface area contributed by atoms with Crippen molar-refractivity contribution in [3.05, 3.63) is 69.0 Å². The molecule has 3 atom stereocenters. The molecule has 2 heterocycles. The number of halogens is 1. The molecule has 0 saturated heterocycles. The largest absolute Gasteiger partial charge is 0.497 e. The minimum Gasteiger partial charge on any atom is -0.497 e. The van der Waals surface area contributed by atoms with E-state index in [1.807, 2.05) is 0 Å². The van der Waals surface area contributed by atoms with Crippen LogP contribution in [0.25, 0.3) is 0 Å². The summed E-state index contributed by atoms with van der Waals surface area (Å²) >= 11 is 6.57. The van der Waals surface area contributed by atoms with Crippen molar-refractivity contribution in [2.45, 2.75) is 31.8 Å². The van der Waals surface area contributed by atoms with E-state index < -0.39 is 35.0 Å². The lowest BCUT2D eigenvalue weighted by Gasteiger charge is -2.42. The van der Waals surface area contributed by atoms with Crippen molar-refractivity contribution in [3.63, 3.8) is 0 Å². The molecule has 0 amide bonds. The number of esters is 1. The molecular formula is C29H28ClNO8. The number of ketones is 2. The predicted molar refractivity (Wildman–Crippen MR) is 142 cm³/mol. The number of carbonyl (C=O) groups is 3. The van der Waals surface area contributed by atoms with E-state index in [0.29, 0.717) is 29.1 Å². The molecular weight excluding hydrogens is 526 g/mol. The smallest absolute Gasteiger partial charge is 0.336 e. The van der Waals surface area contributed by atoms with Gasteiger partial charge in [-0.25, -0.2) is 4.79 Å². The van der Waals surface area contributed by atoms with Crippen LogP contribution in [0.15, 0.2) is 52.9 Å². The molecule has 1 aliphatic carbocycles. The average Bonchev–Trinajstić information content (AvgIpc) is 3.26. The van der Waals surface area contributed by atoms with Crippen LogP contribution in [0, 0.1) is 5.92 Å². The van der Waals surface area contributed by atoms with Gasteiger partial charge in [0.2, 0.25) is 17.2 Å². The molecule has 0 bridgehead atoms. The van der Waals surface area contributed by atoms with Crippen molar-refractivity contribution < 1.29 is 38.1 Å². The first-order valence-corrected chi connectivity index (χ1v) is 12.7. The van der Waals surface area contributed by atoms with Gasteiger partial charge in [0.25, 0.3) is 0 Å². The van der Waals surface area contributed by atoms with E-state index in [1.165, 1.54) is 27.4 Å². The second-order valence-electron chi connectivity index (χ2n) is 9.65.